The number of hydrogen-bond donors (Lipinski definition) is 3. The highest BCUT2D eigenvalue weighted by Crippen LogP contribution is 2.59. The van der Waals surface area contributed by atoms with Crippen LogP contribution in [0.5, 0.6) is 0 Å². The van der Waals surface area contributed by atoms with Gasteiger partial charge in [-0.15, -0.1) is 0 Å². The fourth-order valence-corrected chi connectivity index (χ4v) is 9.67. The van der Waals surface area contributed by atoms with E-state index in [9.17, 15) is 24.6 Å². The number of unbranched alkanes of at least 4 members (excludes halogenated alkanes) is 4. The summed E-state index contributed by atoms with van der Waals surface area (Å²) < 4.78 is 31.1. The van der Waals surface area contributed by atoms with E-state index in [-0.39, 0.29) is 51.5 Å². The number of hydroxylamine groups is 2. The number of esters is 2. The summed E-state index contributed by atoms with van der Waals surface area (Å²) in [6.45, 7) is 9.63. The monoisotopic (exact) mass is 841 g/mol. The largest absolute Gasteiger partial charge is 0.499 e. The maximum Gasteiger partial charge on any atom is 0.327 e. The molecular weight excluding hydrogens is 775 g/mol. The second-order valence-corrected chi connectivity index (χ2v) is 18.0. The highest BCUT2D eigenvalue weighted by Gasteiger charge is 2.77. The van der Waals surface area contributed by atoms with E-state index in [0.717, 1.165) is 49.7 Å². The van der Waals surface area contributed by atoms with Crippen molar-refractivity contribution in [3.63, 3.8) is 0 Å². The van der Waals surface area contributed by atoms with Crippen molar-refractivity contribution < 1.29 is 57.9 Å². The van der Waals surface area contributed by atoms with Gasteiger partial charge in [0.15, 0.2) is 11.8 Å². The fourth-order valence-electron chi connectivity index (χ4n) is 9.67. The molecule has 0 aromatic heterocycles. The molecule has 2 amide bonds. The number of carbonyl (C=O) groups is 4. The summed E-state index contributed by atoms with van der Waals surface area (Å²) in [5, 5.41) is 23.8. The number of rotatable bonds is 21. The Morgan fingerprint density at radius 2 is 1.75 bits per heavy atom. The van der Waals surface area contributed by atoms with Crippen LogP contribution in [-0.2, 0) is 54.2 Å². The van der Waals surface area contributed by atoms with Crippen molar-refractivity contribution in [2.24, 2.45) is 5.41 Å². The first kappa shape index (κ1) is 45.9. The van der Waals surface area contributed by atoms with Gasteiger partial charge in [-0.1, -0.05) is 63.8 Å². The zero-order chi connectivity index (χ0) is 43.1. The van der Waals surface area contributed by atoms with Gasteiger partial charge in [0.2, 0.25) is 11.8 Å². The Morgan fingerprint density at radius 1 is 1.03 bits per heavy atom. The average molecular weight is 842 g/mol. The minimum absolute atomic E-state index is 0.00313. The Morgan fingerprint density at radius 3 is 2.43 bits per heavy atom. The molecule has 6 rings (SSSR count). The van der Waals surface area contributed by atoms with Crippen LogP contribution in [0.3, 0.4) is 0 Å². The second-order valence-electron chi connectivity index (χ2n) is 18.0. The molecule has 15 heteroatoms. The maximum atomic E-state index is 15.6. The van der Waals surface area contributed by atoms with E-state index in [0.29, 0.717) is 25.7 Å². The number of hydrogen-bond acceptors (Lipinski definition) is 13. The molecule has 334 valence electrons. The molecule has 15 nitrogen and oxygen atoms in total. The number of nitrogens with zero attached hydrogens (tertiary/aromatic N) is 2. The average Bonchev–Trinajstić information content (AvgIpc) is 3.94. The molecule has 5 fully saturated rings. The van der Waals surface area contributed by atoms with Crippen LogP contribution in [0.4, 0.5) is 0 Å². The summed E-state index contributed by atoms with van der Waals surface area (Å²) in [6, 6.07) is 4.81. The molecule has 4 saturated heterocycles. The highest BCUT2D eigenvalue weighted by molar-refractivity contribution is 5.96. The summed E-state index contributed by atoms with van der Waals surface area (Å²) in [5.41, 5.74) is -0.551. The molecule has 1 saturated carbocycles. The predicted octanol–water partition coefficient (Wildman–Crippen LogP) is 4.70. The van der Waals surface area contributed by atoms with Gasteiger partial charge in [0, 0.05) is 32.2 Å². The molecule has 4 aliphatic heterocycles. The summed E-state index contributed by atoms with van der Waals surface area (Å²) in [6.07, 6.45) is 8.55. The maximum absolute atomic E-state index is 15.6. The van der Waals surface area contributed by atoms with Gasteiger partial charge in [-0.05, 0) is 70.1 Å². The van der Waals surface area contributed by atoms with Gasteiger partial charge in [-0.25, -0.2) is 0 Å². The molecule has 5 aliphatic rings. The third-order valence-corrected chi connectivity index (χ3v) is 12.4. The van der Waals surface area contributed by atoms with E-state index < -0.39 is 83.8 Å². The zero-order valence-corrected chi connectivity index (χ0v) is 36.1. The lowest BCUT2D eigenvalue weighted by Crippen LogP contribution is -2.70. The highest BCUT2D eigenvalue weighted by atomic mass is 16.8. The van der Waals surface area contributed by atoms with Crippen molar-refractivity contribution in [1.29, 1.82) is 0 Å². The smallest absolute Gasteiger partial charge is 0.327 e. The first-order chi connectivity index (χ1) is 28.8. The number of fused-ring (bicyclic) bond motifs is 4. The standard InChI is InChI=1S/C45H67N3O12/c1-6-8-12-21-44(22-13-9-7-2)58-36-34-27-45(42(54)47-23-14-17-33(47)40(52)46-32(29-50)18-19-35(51)57-43(3,4)5)38(41(53)56-34)48(60-39(45)37(36)59-44)28-31-16-11-10-15-30(31)20-25-55-26-24-49/h10-11,15-16,20,25,32-34,36-39,49-50H,6-9,12-14,17-19,21-24,26-29H2,1-5H3,(H,46,52)/t32-,33+,34?,36-,37-,38-,39+,45?/m0/s1. The van der Waals surface area contributed by atoms with E-state index in [1.54, 1.807) is 36.8 Å². The molecule has 0 spiro atoms. The van der Waals surface area contributed by atoms with Gasteiger partial charge >= 0.3 is 11.9 Å². The molecule has 2 bridgehead atoms. The van der Waals surface area contributed by atoms with Crippen molar-refractivity contribution in [1.82, 2.24) is 15.3 Å². The third-order valence-electron chi connectivity index (χ3n) is 12.4. The number of carbonyl (C=O) groups excluding carboxylic acids is 4. The lowest BCUT2D eigenvalue weighted by atomic mass is 9.62. The van der Waals surface area contributed by atoms with Gasteiger partial charge in [0.25, 0.3) is 0 Å². The van der Waals surface area contributed by atoms with Crippen LogP contribution < -0.4 is 5.32 Å². The predicted molar refractivity (Wildman–Crippen MR) is 219 cm³/mol. The van der Waals surface area contributed by atoms with Crippen LogP contribution in [0.15, 0.2) is 30.5 Å². The Balaban J connectivity index is 1.32. The van der Waals surface area contributed by atoms with Crippen LogP contribution in [0.1, 0.15) is 129 Å². The minimum Gasteiger partial charge on any atom is -0.499 e. The van der Waals surface area contributed by atoms with Gasteiger partial charge in [-0.2, -0.15) is 5.06 Å². The lowest BCUT2D eigenvalue weighted by Gasteiger charge is -2.50. The number of benzene rings is 1. The number of amides is 2. The quantitative estimate of drug-likeness (QED) is 0.0882. The molecular formula is C45H67N3O12. The fraction of sp³-hybridized carbons (Fsp3) is 0.733. The van der Waals surface area contributed by atoms with Crippen molar-refractivity contribution in [2.45, 2.75) is 179 Å². The molecule has 2 unspecified atom stereocenters. The molecule has 1 aromatic rings. The molecule has 60 heavy (non-hydrogen) atoms. The van der Waals surface area contributed by atoms with Crippen molar-refractivity contribution in [3.05, 3.63) is 41.7 Å². The van der Waals surface area contributed by atoms with Gasteiger partial charge in [-0.3, -0.25) is 24.0 Å². The van der Waals surface area contributed by atoms with Gasteiger partial charge in [0.1, 0.15) is 48.1 Å². The van der Waals surface area contributed by atoms with Crippen molar-refractivity contribution >= 4 is 29.8 Å². The topological polar surface area (TPSA) is 183 Å². The molecule has 8 atom stereocenters. The van der Waals surface area contributed by atoms with E-state index in [1.165, 1.54) is 6.26 Å². The van der Waals surface area contributed by atoms with Crippen LogP contribution >= 0.6 is 0 Å². The van der Waals surface area contributed by atoms with Gasteiger partial charge in [0.05, 0.1) is 32.1 Å². The zero-order valence-electron chi connectivity index (χ0n) is 36.1. The van der Waals surface area contributed by atoms with E-state index in [1.807, 2.05) is 24.3 Å². The van der Waals surface area contributed by atoms with Gasteiger partial charge < -0.3 is 44.1 Å². The summed E-state index contributed by atoms with van der Waals surface area (Å²) in [4.78, 5) is 65.0. The first-order valence-corrected chi connectivity index (χ1v) is 22.2. The molecule has 1 aromatic carbocycles. The lowest BCUT2D eigenvalue weighted by molar-refractivity contribution is -0.225. The van der Waals surface area contributed by atoms with Crippen LogP contribution in [0, 0.1) is 5.41 Å². The number of ether oxygens (including phenoxy) is 5. The molecule has 1 aliphatic carbocycles. The Kier molecular flexibility index (Phi) is 15.4. The van der Waals surface area contributed by atoms with Crippen LogP contribution in [0.25, 0.3) is 6.08 Å². The van der Waals surface area contributed by atoms with Crippen LogP contribution in [0.2, 0.25) is 0 Å². The first-order valence-electron chi connectivity index (χ1n) is 22.2. The van der Waals surface area contributed by atoms with Crippen LogP contribution in [-0.4, -0.2) is 124 Å². The third kappa shape index (κ3) is 10.0. The number of aliphatic hydroxyl groups is 2. The summed E-state index contributed by atoms with van der Waals surface area (Å²) >= 11 is 0. The SMILES string of the molecule is CCCCCC1(CCCCC)O[C@@H]2[C@H]3ON(Cc4ccccc4C=COCCO)[C@H]4C(=O)OC(CC34C(=O)N3CCC[C@@H]3C(=O)N[C@H](CO)CCC(=O)OC(C)(C)C)[C@@H]2O1. The number of nitrogens with one attached hydrogen (secondary N) is 1. The second kappa shape index (κ2) is 20.1. The normalized spacial score (nSPS) is 28.7. The number of likely N-dealkylation sites (tertiary alicyclic amines) is 1. The molecule has 0 radical (unpaired) electrons. The number of aliphatic hydroxyl groups excluding tert-OH is 2. The van der Waals surface area contributed by atoms with E-state index in [2.05, 4.69) is 19.2 Å². The van der Waals surface area contributed by atoms with Crippen molar-refractivity contribution in [3.8, 4) is 0 Å². The molecule has 4 heterocycles. The molecule has 3 N–H and O–H groups in total. The summed E-state index contributed by atoms with van der Waals surface area (Å²) in [5.74, 6) is -2.78. The summed E-state index contributed by atoms with van der Waals surface area (Å²) in [7, 11) is 0. The van der Waals surface area contributed by atoms with Crippen molar-refractivity contribution in [2.75, 3.05) is 26.4 Å². The van der Waals surface area contributed by atoms with E-state index >= 15 is 4.79 Å². The Labute approximate surface area is 354 Å². The van der Waals surface area contributed by atoms with E-state index in [4.69, 9.17) is 28.5 Å². The Hall–Kier alpha value is -3.60. The minimum atomic E-state index is -1.47. The Bertz CT molecular complexity index is 1670.